The molecule has 0 bridgehead atoms. The molecule has 6 nitrogen and oxygen atoms in total. The maximum absolute atomic E-state index is 10.5. The first-order valence-electron chi connectivity index (χ1n) is 4.24. The standard InChI is InChI=1S/C9H8BrNO5/c1-5(9(12)13)16-8-3-6(10)2-7(4-8)11(14)15/h2-5H,1H3,(H,12,13)/t5-/m0/s1. The van der Waals surface area contributed by atoms with E-state index in [1.807, 2.05) is 0 Å². The van der Waals surface area contributed by atoms with E-state index in [2.05, 4.69) is 15.9 Å². The third kappa shape index (κ3) is 3.20. The molecule has 1 rings (SSSR count). The van der Waals surface area contributed by atoms with Crippen molar-refractivity contribution in [1.29, 1.82) is 0 Å². The summed E-state index contributed by atoms with van der Waals surface area (Å²) in [5.41, 5.74) is -0.165. The Kier molecular flexibility index (Phi) is 3.83. The second-order valence-electron chi connectivity index (χ2n) is 3.00. The molecule has 86 valence electrons. The monoisotopic (exact) mass is 289 g/mol. The Morgan fingerprint density at radius 3 is 2.69 bits per heavy atom. The molecule has 0 aliphatic heterocycles. The van der Waals surface area contributed by atoms with E-state index in [-0.39, 0.29) is 11.4 Å². The fraction of sp³-hybridized carbons (Fsp3) is 0.222. The van der Waals surface area contributed by atoms with Crippen LogP contribution >= 0.6 is 15.9 Å². The van der Waals surface area contributed by atoms with Gasteiger partial charge in [-0.2, -0.15) is 0 Å². The molecular weight excluding hydrogens is 282 g/mol. The van der Waals surface area contributed by atoms with E-state index in [1.54, 1.807) is 0 Å². The summed E-state index contributed by atoms with van der Waals surface area (Å²) in [6.45, 7) is 1.34. The van der Waals surface area contributed by atoms with E-state index >= 15 is 0 Å². The number of halogens is 1. The molecule has 7 heteroatoms. The molecule has 1 aromatic rings. The highest BCUT2D eigenvalue weighted by Crippen LogP contribution is 2.26. The Morgan fingerprint density at radius 1 is 1.56 bits per heavy atom. The first-order chi connectivity index (χ1) is 7.40. The van der Waals surface area contributed by atoms with Crippen LogP contribution in [0.5, 0.6) is 5.75 Å². The number of aliphatic carboxylic acids is 1. The number of hydrogen-bond acceptors (Lipinski definition) is 4. The Morgan fingerprint density at radius 2 is 2.19 bits per heavy atom. The van der Waals surface area contributed by atoms with Gasteiger partial charge in [0.25, 0.3) is 5.69 Å². The van der Waals surface area contributed by atoms with Crippen LogP contribution in [-0.4, -0.2) is 22.1 Å². The highest BCUT2D eigenvalue weighted by molar-refractivity contribution is 9.10. The van der Waals surface area contributed by atoms with Crippen molar-refractivity contribution in [3.05, 3.63) is 32.8 Å². The molecule has 0 saturated heterocycles. The second-order valence-corrected chi connectivity index (χ2v) is 3.92. The molecule has 0 radical (unpaired) electrons. The molecule has 0 aliphatic carbocycles. The Bertz CT molecular complexity index is 434. The molecule has 1 atom stereocenters. The average molecular weight is 290 g/mol. The van der Waals surface area contributed by atoms with Crippen LogP contribution in [0, 0.1) is 10.1 Å². The van der Waals surface area contributed by atoms with Gasteiger partial charge in [-0.05, 0) is 13.0 Å². The molecule has 0 unspecified atom stereocenters. The summed E-state index contributed by atoms with van der Waals surface area (Å²) in [5, 5.41) is 19.2. The molecule has 0 aromatic heterocycles. The topological polar surface area (TPSA) is 89.7 Å². The maximum Gasteiger partial charge on any atom is 0.344 e. The van der Waals surface area contributed by atoms with Gasteiger partial charge in [0.15, 0.2) is 6.10 Å². The van der Waals surface area contributed by atoms with E-state index in [0.717, 1.165) is 0 Å². The van der Waals surface area contributed by atoms with Crippen LogP contribution in [0.15, 0.2) is 22.7 Å². The van der Waals surface area contributed by atoms with E-state index in [9.17, 15) is 14.9 Å². The summed E-state index contributed by atoms with van der Waals surface area (Å²) in [6, 6.07) is 3.94. The predicted octanol–water partition coefficient (Wildman–Crippen LogP) is 2.21. The zero-order chi connectivity index (χ0) is 12.3. The molecule has 0 amide bonds. The van der Waals surface area contributed by atoms with Crippen molar-refractivity contribution in [3.8, 4) is 5.75 Å². The number of hydrogen-bond donors (Lipinski definition) is 1. The number of non-ortho nitro benzene ring substituents is 1. The number of carboxylic acid groups (broad SMARTS) is 1. The summed E-state index contributed by atoms with van der Waals surface area (Å²) >= 11 is 3.08. The minimum atomic E-state index is -1.14. The molecule has 0 spiro atoms. The fourth-order valence-corrected chi connectivity index (χ4v) is 1.44. The lowest BCUT2D eigenvalue weighted by Gasteiger charge is -2.10. The van der Waals surface area contributed by atoms with Crippen LogP contribution in [0.1, 0.15) is 6.92 Å². The number of benzene rings is 1. The SMILES string of the molecule is C[C@H](Oc1cc(Br)cc([N+](=O)[O-])c1)C(=O)O. The van der Waals surface area contributed by atoms with Gasteiger partial charge in [-0.3, -0.25) is 10.1 Å². The molecule has 16 heavy (non-hydrogen) atoms. The first-order valence-corrected chi connectivity index (χ1v) is 5.04. The van der Waals surface area contributed by atoms with Crippen molar-refractivity contribution in [3.63, 3.8) is 0 Å². The molecular formula is C9H8BrNO5. The van der Waals surface area contributed by atoms with Gasteiger partial charge in [0.05, 0.1) is 11.0 Å². The van der Waals surface area contributed by atoms with Crippen molar-refractivity contribution >= 4 is 27.6 Å². The lowest BCUT2D eigenvalue weighted by atomic mass is 10.3. The lowest BCUT2D eigenvalue weighted by molar-refractivity contribution is -0.385. The zero-order valence-corrected chi connectivity index (χ0v) is 9.80. The van der Waals surface area contributed by atoms with E-state index < -0.39 is 17.0 Å². The smallest absolute Gasteiger partial charge is 0.344 e. The summed E-state index contributed by atoms with van der Waals surface area (Å²) in [4.78, 5) is 20.5. The third-order valence-electron chi connectivity index (χ3n) is 1.73. The minimum Gasteiger partial charge on any atom is -0.479 e. The van der Waals surface area contributed by atoms with Crippen molar-refractivity contribution in [1.82, 2.24) is 0 Å². The number of nitrogens with zero attached hydrogens (tertiary/aromatic N) is 1. The van der Waals surface area contributed by atoms with Crippen molar-refractivity contribution in [2.45, 2.75) is 13.0 Å². The number of nitro benzene ring substituents is 1. The molecule has 0 fully saturated rings. The van der Waals surface area contributed by atoms with Gasteiger partial charge in [0, 0.05) is 10.5 Å². The molecule has 1 N–H and O–H groups in total. The molecule has 0 aliphatic rings. The van der Waals surface area contributed by atoms with Crippen LogP contribution in [-0.2, 0) is 4.79 Å². The van der Waals surface area contributed by atoms with Crippen molar-refractivity contribution in [2.24, 2.45) is 0 Å². The van der Waals surface area contributed by atoms with Gasteiger partial charge < -0.3 is 9.84 Å². The molecule has 1 aromatic carbocycles. The second kappa shape index (κ2) is 4.93. The van der Waals surface area contributed by atoms with Crippen molar-refractivity contribution in [2.75, 3.05) is 0 Å². The number of carbonyl (C=O) groups is 1. The third-order valence-corrected chi connectivity index (χ3v) is 2.19. The number of carboxylic acids is 1. The number of nitro groups is 1. The van der Waals surface area contributed by atoms with E-state index in [1.165, 1.54) is 25.1 Å². The zero-order valence-electron chi connectivity index (χ0n) is 8.21. The number of ether oxygens (including phenoxy) is 1. The highest BCUT2D eigenvalue weighted by atomic mass is 79.9. The quantitative estimate of drug-likeness (QED) is 0.678. The van der Waals surface area contributed by atoms with E-state index in [0.29, 0.717) is 4.47 Å². The normalized spacial score (nSPS) is 11.9. The van der Waals surface area contributed by atoms with Gasteiger partial charge in [0.2, 0.25) is 0 Å². The van der Waals surface area contributed by atoms with Crippen LogP contribution in [0.25, 0.3) is 0 Å². The van der Waals surface area contributed by atoms with Crippen molar-refractivity contribution < 1.29 is 19.6 Å². The minimum absolute atomic E-state index is 0.135. The predicted molar refractivity (Wildman–Crippen MR) is 58.5 cm³/mol. The van der Waals surface area contributed by atoms with E-state index in [4.69, 9.17) is 9.84 Å². The number of rotatable bonds is 4. The lowest BCUT2D eigenvalue weighted by Crippen LogP contribution is -2.22. The molecule has 0 heterocycles. The Labute approximate surface area is 99.1 Å². The summed E-state index contributed by atoms with van der Waals surface area (Å²) in [7, 11) is 0. The van der Waals surface area contributed by atoms with Gasteiger partial charge in [-0.1, -0.05) is 15.9 Å². The fourth-order valence-electron chi connectivity index (χ4n) is 0.976. The van der Waals surface area contributed by atoms with Gasteiger partial charge in [-0.15, -0.1) is 0 Å². The maximum atomic E-state index is 10.5. The first kappa shape index (κ1) is 12.4. The van der Waals surface area contributed by atoms with Gasteiger partial charge in [-0.25, -0.2) is 4.79 Å². The Hall–Kier alpha value is -1.63. The summed E-state index contributed by atoms with van der Waals surface area (Å²) < 4.78 is 5.47. The van der Waals surface area contributed by atoms with Gasteiger partial charge >= 0.3 is 5.97 Å². The largest absolute Gasteiger partial charge is 0.479 e. The average Bonchev–Trinajstić information content (AvgIpc) is 2.16. The molecule has 0 saturated carbocycles. The highest BCUT2D eigenvalue weighted by Gasteiger charge is 2.15. The van der Waals surface area contributed by atoms with Crippen LogP contribution in [0.3, 0.4) is 0 Å². The summed E-state index contributed by atoms with van der Waals surface area (Å²) in [6.07, 6.45) is -1.06. The van der Waals surface area contributed by atoms with Gasteiger partial charge in [0.1, 0.15) is 5.75 Å². The summed E-state index contributed by atoms with van der Waals surface area (Å²) in [5.74, 6) is -1.00. The van der Waals surface area contributed by atoms with Crippen LogP contribution < -0.4 is 4.74 Å². The van der Waals surface area contributed by atoms with Crippen LogP contribution in [0.4, 0.5) is 5.69 Å². The van der Waals surface area contributed by atoms with Crippen LogP contribution in [0.2, 0.25) is 0 Å². The Balaban J connectivity index is 2.97.